The fourth-order valence-electron chi connectivity index (χ4n) is 4.45. The molecule has 2 fully saturated rings. The lowest BCUT2D eigenvalue weighted by atomic mass is 9.80. The molecule has 4 rings (SSSR count). The summed E-state index contributed by atoms with van der Waals surface area (Å²) in [6, 6.07) is -0.280. The summed E-state index contributed by atoms with van der Waals surface area (Å²) < 4.78 is 1.99. The Kier molecular flexibility index (Phi) is 6.72. The van der Waals surface area contributed by atoms with Gasteiger partial charge >= 0.3 is 6.03 Å². The molecule has 2 aromatic heterocycles. The van der Waals surface area contributed by atoms with E-state index in [1.807, 2.05) is 4.57 Å². The van der Waals surface area contributed by atoms with E-state index in [1.54, 1.807) is 6.33 Å². The van der Waals surface area contributed by atoms with Gasteiger partial charge in [-0.1, -0.05) is 32.3 Å². The van der Waals surface area contributed by atoms with Crippen LogP contribution in [0.2, 0.25) is 0 Å². The number of nitrogens with one attached hydrogen (secondary N) is 2. The van der Waals surface area contributed by atoms with Gasteiger partial charge in [-0.3, -0.25) is 0 Å². The number of hydrogen-bond donors (Lipinski definition) is 3. The van der Waals surface area contributed by atoms with E-state index in [0.717, 1.165) is 11.4 Å². The summed E-state index contributed by atoms with van der Waals surface area (Å²) >= 11 is 0. The molecule has 2 aliphatic carbocycles. The van der Waals surface area contributed by atoms with Crippen molar-refractivity contribution in [2.75, 3.05) is 12.4 Å². The molecule has 4 N–H and O–H groups in total. The van der Waals surface area contributed by atoms with Crippen molar-refractivity contribution in [3.63, 3.8) is 0 Å². The number of rotatable bonds is 6. The molecule has 2 heterocycles. The topological polar surface area (TPSA) is 123 Å². The van der Waals surface area contributed by atoms with Crippen LogP contribution in [0.1, 0.15) is 64.6 Å². The molecule has 1 unspecified atom stereocenters. The highest BCUT2D eigenvalue weighted by atomic mass is 16.2. The third kappa shape index (κ3) is 4.92. The summed E-state index contributed by atoms with van der Waals surface area (Å²) in [5.41, 5.74) is 7.36. The summed E-state index contributed by atoms with van der Waals surface area (Å²) in [6.07, 6.45) is 14.8. The lowest BCUT2D eigenvalue weighted by Crippen LogP contribution is -2.32. The van der Waals surface area contributed by atoms with Crippen LogP contribution in [-0.4, -0.2) is 44.5 Å². The second kappa shape index (κ2) is 9.67. The molecular formula is C23H34N8O. The van der Waals surface area contributed by atoms with Crippen LogP contribution in [0.3, 0.4) is 0 Å². The summed E-state index contributed by atoms with van der Waals surface area (Å²) in [6.45, 7) is 4.51. The maximum atomic E-state index is 11.6. The van der Waals surface area contributed by atoms with Crippen molar-refractivity contribution in [2.24, 2.45) is 28.5 Å². The van der Waals surface area contributed by atoms with Crippen molar-refractivity contribution in [3.8, 4) is 0 Å². The number of anilines is 1. The van der Waals surface area contributed by atoms with Crippen molar-refractivity contribution in [3.05, 3.63) is 18.2 Å². The molecule has 0 spiro atoms. The molecule has 2 aromatic rings. The summed E-state index contributed by atoms with van der Waals surface area (Å²) in [7, 11) is 1.50. The van der Waals surface area contributed by atoms with Gasteiger partial charge in [-0.15, -0.1) is 0 Å². The first-order chi connectivity index (χ1) is 15.4. The number of nitrogens with zero attached hydrogens (tertiary/aromatic N) is 5. The van der Waals surface area contributed by atoms with Crippen LogP contribution in [0.4, 0.5) is 10.6 Å². The SMILES string of the molecule is CNC(=O)N=C(N)c1nc(NC(C)C2CCC2)c2c(ncn2C=CC2CCC(C)CC2)n1. The number of aromatic nitrogens is 4. The van der Waals surface area contributed by atoms with Gasteiger partial charge in [0.05, 0.1) is 0 Å². The van der Waals surface area contributed by atoms with Crippen molar-refractivity contribution in [2.45, 2.75) is 64.8 Å². The highest BCUT2D eigenvalue weighted by molar-refractivity contribution is 6.02. The van der Waals surface area contributed by atoms with Gasteiger partial charge in [0.25, 0.3) is 0 Å². The average Bonchev–Trinajstić information content (AvgIpc) is 3.15. The van der Waals surface area contributed by atoms with Crippen LogP contribution in [0, 0.1) is 17.8 Å². The van der Waals surface area contributed by atoms with Gasteiger partial charge in [-0.05, 0) is 50.4 Å². The number of fused-ring (bicyclic) bond motifs is 1. The smallest absolute Gasteiger partial charge is 0.342 e. The molecule has 2 amide bonds. The number of imidazole rings is 1. The Balaban J connectivity index is 1.67. The number of hydrogen-bond acceptors (Lipinski definition) is 5. The maximum Gasteiger partial charge on any atom is 0.342 e. The minimum atomic E-state index is -0.543. The predicted molar refractivity (Wildman–Crippen MR) is 127 cm³/mol. The van der Waals surface area contributed by atoms with E-state index in [4.69, 9.17) is 5.73 Å². The third-order valence-corrected chi connectivity index (χ3v) is 6.89. The Morgan fingerprint density at radius 1 is 1.25 bits per heavy atom. The standard InChI is InChI=1S/C23H34N8O/c1-14-7-9-16(10-8-14)11-12-31-13-26-20-18(31)21(27-15(2)17-5-4-6-17)30-22(29-20)19(24)28-23(32)25-3/h11-17H,4-10H2,1-3H3,(H,27,29,30)(H3,24,25,28,32). The first kappa shape index (κ1) is 22.2. The number of aliphatic imine (C=N–C) groups is 1. The Morgan fingerprint density at radius 2 is 2.00 bits per heavy atom. The number of carbonyl (C=O) groups is 1. The highest BCUT2D eigenvalue weighted by Crippen LogP contribution is 2.32. The van der Waals surface area contributed by atoms with E-state index in [1.165, 1.54) is 52.0 Å². The molecule has 172 valence electrons. The fraction of sp³-hybridized carbons (Fsp3) is 0.609. The van der Waals surface area contributed by atoms with Gasteiger partial charge in [0.15, 0.2) is 23.1 Å². The molecule has 0 saturated heterocycles. The molecule has 2 saturated carbocycles. The van der Waals surface area contributed by atoms with Crippen molar-refractivity contribution in [1.82, 2.24) is 24.8 Å². The van der Waals surface area contributed by atoms with Crippen LogP contribution in [0.15, 0.2) is 17.4 Å². The van der Waals surface area contributed by atoms with E-state index in [9.17, 15) is 4.79 Å². The Hall–Kier alpha value is -2.97. The monoisotopic (exact) mass is 438 g/mol. The number of amidine groups is 1. The van der Waals surface area contributed by atoms with E-state index in [2.05, 4.69) is 56.7 Å². The zero-order valence-corrected chi connectivity index (χ0v) is 19.2. The molecule has 32 heavy (non-hydrogen) atoms. The van der Waals surface area contributed by atoms with E-state index < -0.39 is 6.03 Å². The van der Waals surface area contributed by atoms with Crippen LogP contribution in [0.25, 0.3) is 17.4 Å². The number of amides is 2. The van der Waals surface area contributed by atoms with Gasteiger partial charge in [0.1, 0.15) is 11.8 Å². The minimum absolute atomic E-state index is 0.0352. The first-order valence-electron chi connectivity index (χ1n) is 11.7. The summed E-state index contributed by atoms with van der Waals surface area (Å²) in [5, 5.41) is 5.99. The van der Waals surface area contributed by atoms with E-state index in [0.29, 0.717) is 23.3 Å². The number of nitrogens with two attached hydrogens (primary N) is 1. The molecule has 0 aromatic carbocycles. The molecule has 9 nitrogen and oxygen atoms in total. The van der Waals surface area contributed by atoms with Gasteiger partial charge in [-0.2, -0.15) is 4.99 Å². The van der Waals surface area contributed by atoms with Gasteiger partial charge in [0, 0.05) is 19.3 Å². The average molecular weight is 439 g/mol. The second-order valence-electron chi connectivity index (χ2n) is 9.26. The van der Waals surface area contributed by atoms with Gasteiger partial charge in [0.2, 0.25) is 0 Å². The quantitative estimate of drug-likeness (QED) is 0.466. The molecule has 1 atom stereocenters. The molecule has 0 aliphatic heterocycles. The normalized spacial score (nSPS) is 23.3. The van der Waals surface area contributed by atoms with Crippen molar-refractivity contribution in [1.29, 1.82) is 0 Å². The number of allylic oxidation sites excluding steroid dienone is 1. The first-order valence-corrected chi connectivity index (χ1v) is 11.7. The van der Waals surface area contributed by atoms with Crippen LogP contribution < -0.4 is 16.4 Å². The van der Waals surface area contributed by atoms with Crippen LogP contribution >= 0.6 is 0 Å². The van der Waals surface area contributed by atoms with Crippen LogP contribution in [-0.2, 0) is 0 Å². The zero-order chi connectivity index (χ0) is 22.7. The lowest BCUT2D eigenvalue weighted by Gasteiger charge is -2.32. The Labute approximate surface area is 189 Å². The lowest BCUT2D eigenvalue weighted by molar-refractivity contribution is 0.251. The zero-order valence-electron chi connectivity index (χ0n) is 19.2. The van der Waals surface area contributed by atoms with Crippen molar-refractivity contribution >= 4 is 35.0 Å². The van der Waals surface area contributed by atoms with Gasteiger partial charge < -0.3 is 20.9 Å². The molecule has 9 heteroatoms. The minimum Gasteiger partial charge on any atom is -0.380 e. The summed E-state index contributed by atoms with van der Waals surface area (Å²) in [5.74, 6) is 2.86. The summed E-state index contributed by atoms with van der Waals surface area (Å²) in [4.78, 5) is 29.1. The highest BCUT2D eigenvalue weighted by Gasteiger charge is 2.26. The molecule has 0 bridgehead atoms. The molecule has 0 radical (unpaired) electrons. The number of urea groups is 1. The molecular weight excluding hydrogens is 404 g/mol. The predicted octanol–water partition coefficient (Wildman–Crippen LogP) is 3.77. The van der Waals surface area contributed by atoms with Crippen LogP contribution in [0.5, 0.6) is 0 Å². The van der Waals surface area contributed by atoms with E-state index >= 15 is 0 Å². The van der Waals surface area contributed by atoms with Gasteiger partial charge in [-0.25, -0.2) is 19.7 Å². The van der Waals surface area contributed by atoms with E-state index in [-0.39, 0.29) is 17.7 Å². The third-order valence-electron chi connectivity index (χ3n) is 6.89. The van der Waals surface area contributed by atoms with Crippen molar-refractivity contribution < 1.29 is 4.79 Å². The number of carbonyl (C=O) groups excluding carboxylic acids is 1. The maximum absolute atomic E-state index is 11.6. The Bertz CT molecular complexity index is 1010. The Morgan fingerprint density at radius 3 is 2.66 bits per heavy atom. The molecule has 2 aliphatic rings. The largest absolute Gasteiger partial charge is 0.380 e. The fourth-order valence-corrected chi connectivity index (χ4v) is 4.45. The second-order valence-corrected chi connectivity index (χ2v) is 9.26.